The highest BCUT2D eigenvalue weighted by Crippen LogP contribution is 2.32. The van der Waals surface area contributed by atoms with E-state index >= 15 is 0 Å². The van der Waals surface area contributed by atoms with Crippen molar-refractivity contribution in [3.8, 4) is 0 Å². The second kappa shape index (κ2) is 8.51. The van der Waals surface area contributed by atoms with Gasteiger partial charge >= 0.3 is 6.18 Å². The number of halogens is 3. The number of carbonyl (C=O) groups excluding carboxylic acids is 1. The molecule has 1 heterocycles. The molecule has 0 N–H and O–H groups in total. The van der Waals surface area contributed by atoms with Crippen molar-refractivity contribution in [2.45, 2.75) is 36.4 Å². The maximum absolute atomic E-state index is 13.0. The SMILES string of the molecule is O=C1CCN(S(=O)(=O)c2cccc(C(F)(F)F)c2)C(CC=Cc2ccccc2)C1. The Hall–Kier alpha value is -2.45. The van der Waals surface area contributed by atoms with Gasteiger partial charge in [-0.15, -0.1) is 0 Å². The summed E-state index contributed by atoms with van der Waals surface area (Å²) in [4.78, 5) is 11.5. The molecule has 2 aromatic carbocycles. The summed E-state index contributed by atoms with van der Waals surface area (Å²) in [6, 6.07) is 12.5. The van der Waals surface area contributed by atoms with Crippen molar-refractivity contribution in [2.24, 2.45) is 0 Å². The number of rotatable bonds is 5. The first kappa shape index (κ1) is 21.3. The Bertz CT molecular complexity index is 1000. The van der Waals surface area contributed by atoms with Crippen molar-refractivity contribution < 1.29 is 26.4 Å². The monoisotopic (exact) mass is 423 g/mol. The van der Waals surface area contributed by atoms with Crippen LogP contribution in [0.15, 0.2) is 65.6 Å². The van der Waals surface area contributed by atoms with Crippen molar-refractivity contribution in [3.05, 3.63) is 71.8 Å². The molecule has 3 rings (SSSR count). The molecule has 0 aromatic heterocycles. The van der Waals surface area contributed by atoms with Crippen LogP contribution in [0.25, 0.3) is 6.08 Å². The Kier molecular flexibility index (Phi) is 6.24. The van der Waals surface area contributed by atoms with E-state index in [1.807, 2.05) is 36.4 Å². The Morgan fingerprint density at radius 3 is 2.48 bits per heavy atom. The number of nitrogens with zero attached hydrogens (tertiary/aromatic N) is 1. The molecule has 0 amide bonds. The third kappa shape index (κ3) is 5.13. The molecule has 0 bridgehead atoms. The maximum Gasteiger partial charge on any atom is 0.416 e. The van der Waals surface area contributed by atoms with Crippen molar-refractivity contribution >= 4 is 21.9 Å². The van der Waals surface area contributed by atoms with E-state index < -0.39 is 32.7 Å². The fourth-order valence-corrected chi connectivity index (χ4v) is 4.98. The Balaban J connectivity index is 1.85. The Morgan fingerprint density at radius 2 is 1.79 bits per heavy atom. The molecule has 1 fully saturated rings. The van der Waals surface area contributed by atoms with E-state index in [4.69, 9.17) is 0 Å². The van der Waals surface area contributed by atoms with Gasteiger partial charge in [-0.25, -0.2) is 8.42 Å². The largest absolute Gasteiger partial charge is 0.416 e. The van der Waals surface area contributed by atoms with Gasteiger partial charge in [0, 0.05) is 25.4 Å². The van der Waals surface area contributed by atoms with Crippen LogP contribution < -0.4 is 0 Å². The summed E-state index contributed by atoms with van der Waals surface area (Å²) in [5, 5.41) is 0. The van der Waals surface area contributed by atoms with Crippen LogP contribution in [-0.2, 0) is 21.0 Å². The molecule has 2 aromatic rings. The van der Waals surface area contributed by atoms with Crippen molar-refractivity contribution in [1.82, 2.24) is 4.31 Å². The molecule has 1 aliphatic rings. The van der Waals surface area contributed by atoms with Crippen molar-refractivity contribution in [1.29, 1.82) is 0 Å². The zero-order valence-corrected chi connectivity index (χ0v) is 16.3. The number of hydrogen-bond acceptors (Lipinski definition) is 3. The summed E-state index contributed by atoms with van der Waals surface area (Å²) >= 11 is 0. The molecule has 154 valence electrons. The molecular formula is C21H20F3NO3S. The van der Waals surface area contributed by atoms with Crippen LogP contribution in [0.3, 0.4) is 0 Å². The summed E-state index contributed by atoms with van der Waals surface area (Å²) in [6.45, 7) is -0.0404. The number of benzene rings is 2. The van der Waals surface area contributed by atoms with Crippen LogP contribution in [-0.4, -0.2) is 31.1 Å². The number of hydrogen-bond donors (Lipinski definition) is 0. The first-order chi connectivity index (χ1) is 13.7. The van der Waals surface area contributed by atoms with E-state index in [2.05, 4.69) is 0 Å². The van der Waals surface area contributed by atoms with E-state index in [0.717, 1.165) is 28.1 Å². The lowest BCUT2D eigenvalue weighted by atomic mass is 10.0. The molecular weight excluding hydrogens is 403 g/mol. The number of carbonyl (C=O) groups is 1. The molecule has 1 saturated heterocycles. The van der Waals surface area contributed by atoms with E-state index in [0.29, 0.717) is 12.5 Å². The highest BCUT2D eigenvalue weighted by atomic mass is 32.2. The van der Waals surface area contributed by atoms with Gasteiger partial charge < -0.3 is 0 Å². The predicted molar refractivity (Wildman–Crippen MR) is 103 cm³/mol. The van der Waals surface area contributed by atoms with Gasteiger partial charge in [0.1, 0.15) is 5.78 Å². The second-order valence-electron chi connectivity index (χ2n) is 6.84. The van der Waals surface area contributed by atoms with E-state index in [-0.39, 0.29) is 25.2 Å². The van der Waals surface area contributed by atoms with Crippen LogP contribution >= 0.6 is 0 Å². The average molecular weight is 423 g/mol. The lowest BCUT2D eigenvalue weighted by Gasteiger charge is -2.33. The predicted octanol–water partition coefficient (Wildman–Crippen LogP) is 4.53. The van der Waals surface area contributed by atoms with E-state index in [1.165, 1.54) is 0 Å². The fourth-order valence-electron chi connectivity index (χ4n) is 3.30. The van der Waals surface area contributed by atoms with Gasteiger partial charge in [-0.1, -0.05) is 48.6 Å². The second-order valence-corrected chi connectivity index (χ2v) is 8.73. The van der Waals surface area contributed by atoms with Gasteiger partial charge in [-0.3, -0.25) is 4.79 Å². The lowest BCUT2D eigenvalue weighted by Crippen LogP contribution is -2.46. The van der Waals surface area contributed by atoms with Crippen LogP contribution in [0.1, 0.15) is 30.4 Å². The summed E-state index contributed by atoms with van der Waals surface area (Å²) < 4.78 is 66.2. The number of sulfonamides is 1. The molecule has 1 unspecified atom stereocenters. The molecule has 8 heteroatoms. The summed E-state index contributed by atoms with van der Waals surface area (Å²) in [6.07, 6.45) is -0.643. The summed E-state index contributed by atoms with van der Waals surface area (Å²) in [5.41, 5.74) is -0.0888. The van der Waals surface area contributed by atoms with Crippen LogP contribution in [0.5, 0.6) is 0 Å². The first-order valence-corrected chi connectivity index (χ1v) is 10.5. The van der Waals surface area contributed by atoms with Gasteiger partial charge in [0.2, 0.25) is 10.0 Å². The zero-order valence-electron chi connectivity index (χ0n) is 15.5. The first-order valence-electron chi connectivity index (χ1n) is 9.10. The molecule has 1 atom stereocenters. The van der Waals surface area contributed by atoms with Gasteiger partial charge in [0.05, 0.1) is 10.5 Å². The zero-order chi connectivity index (χ0) is 21.1. The molecule has 0 spiro atoms. The quantitative estimate of drug-likeness (QED) is 0.710. The average Bonchev–Trinajstić information content (AvgIpc) is 2.68. The van der Waals surface area contributed by atoms with E-state index in [1.54, 1.807) is 6.08 Å². The number of Topliss-reactive ketones (excluding diaryl/α,β-unsaturated/α-hetero) is 1. The summed E-state index contributed by atoms with van der Waals surface area (Å²) in [7, 11) is -4.17. The molecule has 0 saturated carbocycles. The Labute approximate surface area is 167 Å². The number of alkyl halides is 3. The van der Waals surface area contributed by atoms with Gasteiger partial charge in [0.25, 0.3) is 0 Å². The van der Waals surface area contributed by atoms with Gasteiger partial charge in [-0.2, -0.15) is 17.5 Å². The third-order valence-corrected chi connectivity index (χ3v) is 6.72. The summed E-state index contributed by atoms with van der Waals surface area (Å²) in [5.74, 6) is -0.0568. The number of ketones is 1. The normalized spacial score (nSPS) is 19.0. The van der Waals surface area contributed by atoms with Gasteiger partial charge in [0.15, 0.2) is 0 Å². The van der Waals surface area contributed by atoms with Crippen molar-refractivity contribution in [3.63, 3.8) is 0 Å². The minimum Gasteiger partial charge on any atom is -0.300 e. The molecule has 1 aliphatic heterocycles. The van der Waals surface area contributed by atoms with Crippen LogP contribution in [0.2, 0.25) is 0 Å². The molecule has 0 radical (unpaired) electrons. The van der Waals surface area contributed by atoms with Crippen molar-refractivity contribution in [2.75, 3.05) is 6.54 Å². The minimum absolute atomic E-state index is 0.0390. The lowest BCUT2D eigenvalue weighted by molar-refractivity contribution is -0.137. The minimum atomic E-state index is -4.64. The molecule has 4 nitrogen and oxygen atoms in total. The maximum atomic E-state index is 13.0. The van der Waals surface area contributed by atoms with Crippen LogP contribution in [0, 0.1) is 0 Å². The molecule has 29 heavy (non-hydrogen) atoms. The third-order valence-electron chi connectivity index (χ3n) is 4.77. The Morgan fingerprint density at radius 1 is 1.07 bits per heavy atom. The van der Waals surface area contributed by atoms with Crippen LogP contribution in [0.4, 0.5) is 13.2 Å². The number of piperidine rings is 1. The highest BCUT2D eigenvalue weighted by molar-refractivity contribution is 7.89. The molecule has 0 aliphatic carbocycles. The smallest absolute Gasteiger partial charge is 0.300 e. The fraction of sp³-hybridized carbons (Fsp3) is 0.286. The highest BCUT2D eigenvalue weighted by Gasteiger charge is 2.37. The van der Waals surface area contributed by atoms with E-state index in [9.17, 15) is 26.4 Å². The standard InChI is InChI=1S/C21H20F3NO3S/c22-21(23,24)17-9-5-11-20(14-17)29(27,28)25-13-12-19(26)15-18(25)10-4-8-16-6-2-1-3-7-16/h1-9,11,14,18H,10,12-13,15H2. The topological polar surface area (TPSA) is 54.5 Å². The van der Waals surface area contributed by atoms with Gasteiger partial charge in [-0.05, 0) is 30.2 Å².